The second-order valence-electron chi connectivity index (χ2n) is 6.58. The van der Waals surface area contributed by atoms with Gasteiger partial charge in [-0.2, -0.15) is 0 Å². The lowest BCUT2D eigenvalue weighted by molar-refractivity contribution is -0.116. The Morgan fingerprint density at radius 2 is 1.24 bits per heavy atom. The highest BCUT2D eigenvalue weighted by molar-refractivity contribution is 6.13. The van der Waals surface area contributed by atoms with E-state index in [4.69, 9.17) is 0 Å². The van der Waals surface area contributed by atoms with Crippen molar-refractivity contribution in [3.05, 3.63) is 71.6 Å². The molecule has 4 rings (SSSR count). The van der Waals surface area contributed by atoms with Crippen LogP contribution in [0.4, 0.5) is 8.78 Å². The molecule has 5 nitrogen and oxygen atoms in total. The first-order chi connectivity index (χ1) is 13.8. The maximum Gasteiger partial charge on any atom is 0.172 e. The number of hydrogen-bond acceptors (Lipinski definition) is 3. The van der Waals surface area contributed by atoms with E-state index in [9.17, 15) is 23.2 Å². The molecule has 0 amide bonds. The van der Waals surface area contributed by atoms with Crippen molar-refractivity contribution in [3.8, 4) is 0 Å². The molecule has 29 heavy (non-hydrogen) atoms. The van der Waals surface area contributed by atoms with E-state index < -0.39 is 0 Å². The van der Waals surface area contributed by atoms with Gasteiger partial charge in [-0.3, -0.25) is 14.4 Å². The summed E-state index contributed by atoms with van der Waals surface area (Å²) in [4.78, 5) is 39.4. The van der Waals surface area contributed by atoms with Gasteiger partial charge >= 0.3 is 0 Å². The molecule has 4 aromatic rings. The lowest BCUT2D eigenvalue weighted by atomic mass is 10.0. The van der Waals surface area contributed by atoms with E-state index in [1.165, 1.54) is 38.1 Å². The zero-order valence-corrected chi connectivity index (χ0v) is 15.8. The van der Waals surface area contributed by atoms with Crippen LogP contribution in [0.25, 0.3) is 21.8 Å². The van der Waals surface area contributed by atoms with Crippen molar-refractivity contribution in [1.29, 1.82) is 0 Å². The van der Waals surface area contributed by atoms with E-state index in [-0.39, 0.29) is 35.4 Å². The van der Waals surface area contributed by atoms with Crippen LogP contribution in [0.3, 0.4) is 0 Å². The molecule has 2 aromatic carbocycles. The standard InChI is InChI=1S/C12H10FNO2.C10H8FNO/c1-7(15)6-11(16)9-2-3-10(13)8-4-5-14-12(8)9;1-6(13)7-2-3-9(11)8-4-5-12-10(7)8/h2-5,14H,6H2,1H3;2-5,12H,1H3. The number of rotatable bonds is 4. The van der Waals surface area contributed by atoms with E-state index in [2.05, 4.69) is 9.97 Å². The first-order valence-electron chi connectivity index (χ1n) is 8.84. The predicted molar refractivity (Wildman–Crippen MR) is 106 cm³/mol. The SMILES string of the molecule is CC(=O)CC(=O)c1ccc(F)c2cc[nH]c12.CC(=O)c1ccc(F)c2cc[nH]c12. The van der Waals surface area contributed by atoms with Crippen molar-refractivity contribution in [2.24, 2.45) is 0 Å². The van der Waals surface area contributed by atoms with Crippen LogP contribution in [0.2, 0.25) is 0 Å². The Hall–Kier alpha value is -3.61. The molecule has 0 saturated heterocycles. The number of Topliss-reactive ketones (excluding diaryl/α,β-unsaturated/α-hetero) is 3. The Bertz CT molecular complexity index is 1240. The molecule has 2 N–H and O–H groups in total. The van der Waals surface area contributed by atoms with Crippen molar-refractivity contribution >= 4 is 39.2 Å². The van der Waals surface area contributed by atoms with E-state index in [0.717, 1.165) is 0 Å². The smallest absolute Gasteiger partial charge is 0.172 e. The van der Waals surface area contributed by atoms with Crippen LogP contribution in [-0.4, -0.2) is 27.3 Å². The van der Waals surface area contributed by atoms with Crippen LogP contribution < -0.4 is 0 Å². The number of halogens is 2. The summed E-state index contributed by atoms with van der Waals surface area (Å²) < 4.78 is 26.5. The topological polar surface area (TPSA) is 82.8 Å². The van der Waals surface area contributed by atoms with Gasteiger partial charge in [0.2, 0.25) is 0 Å². The van der Waals surface area contributed by atoms with Gasteiger partial charge in [0.15, 0.2) is 11.6 Å². The highest BCUT2D eigenvalue weighted by atomic mass is 19.1. The summed E-state index contributed by atoms with van der Waals surface area (Å²) >= 11 is 0. The third-order valence-corrected chi connectivity index (χ3v) is 4.43. The Labute approximate surface area is 164 Å². The molecular formula is C22H18F2N2O3. The molecule has 0 unspecified atom stereocenters. The monoisotopic (exact) mass is 396 g/mol. The normalized spacial score (nSPS) is 10.6. The summed E-state index contributed by atoms with van der Waals surface area (Å²) in [6.07, 6.45) is 3.04. The Kier molecular flexibility index (Phi) is 5.68. The summed E-state index contributed by atoms with van der Waals surface area (Å²) in [7, 11) is 0. The van der Waals surface area contributed by atoms with Crippen LogP contribution in [0.15, 0.2) is 48.8 Å². The molecule has 0 atom stereocenters. The summed E-state index contributed by atoms with van der Waals surface area (Å²) in [5.74, 6) is -1.24. The predicted octanol–water partition coefficient (Wildman–Crippen LogP) is 4.98. The number of nitrogens with one attached hydrogen (secondary N) is 2. The zero-order valence-electron chi connectivity index (χ0n) is 15.8. The molecule has 0 radical (unpaired) electrons. The molecule has 0 aliphatic rings. The minimum absolute atomic E-state index is 0.0625. The average molecular weight is 396 g/mol. The van der Waals surface area contributed by atoms with Gasteiger partial charge in [-0.15, -0.1) is 0 Å². The van der Waals surface area contributed by atoms with Crippen LogP contribution in [-0.2, 0) is 4.79 Å². The van der Waals surface area contributed by atoms with Crippen LogP contribution in [0.1, 0.15) is 41.0 Å². The summed E-state index contributed by atoms with van der Waals surface area (Å²) in [6, 6.07) is 8.64. The fraction of sp³-hybridized carbons (Fsp3) is 0.136. The Morgan fingerprint density at radius 3 is 1.72 bits per heavy atom. The number of carbonyl (C=O) groups is 3. The molecule has 148 valence electrons. The number of ketones is 3. The molecule has 2 heterocycles. The van der Waals surface area contributed by atoms with Gasteiger partial charge in [-0.05, 0) is 50.2 Å². The molecule has 2 aromatic heterocycles. The largest absolute Gasteiger partial charge is 0.360 e. The minimum Gasteiger partial charge on any atom is -0.360 e. The molecule has 0 fully saturated rings. The van der Waals surface area contributed by atoms with Gasteiger partial charge in [-0.25, -0.2) is 8.78 Å². The summed E-state index contributed by atoms with van der Waals surface area (Å²) in [5.41, 5.74) is 1.91. The van der Waals surface area contributed by atoms with E-state index >= 15 is 0 Å². The van der Waals surface area contributed by atoms with E-state index in [1.54, 1.807) is 24.5 Å². The average Bonchev–Trinajstić information content (AvgIpc) is 3.32. The first kappa shape index (κ1) is 20.1. The first-order valence-corrected chi connectivity index (χ1v) is 8.84. The van der Waals surface area contributed by atoms with Gasteiger partial charge < -0.3 is 9.97 Å². The van der Waals surface area contributed by atoms with Crippen LogP contribution >= 0.6 is 0 Å². The third kappa shape index (κ3) is 4.13. The third-order valence-electron chi connectivity index (χ3n) is 4.43. The fourth-order valence-electron chi connectivity index (χ4n) is 3.09. The maximum absolute atomic E-state index is 13.3. The van der Waals surface area contributed by atoms with Gasteiger partial charge in [0.25, 0.3) is 0 Å². The molecule has 0 saturated carbocycles. The molecule has 7 heteroatoms. The van der Waals surface area contributed by atoms with Crippen molar-refractivity contribution in [3.63, 3.8) is 0 Å². The quantitative estimate of drug-likeness (QED) is 0.377. The van der Waals surface area contributed by atoms with Crippen molar-refractivity contribution in [1.82, 2.24) is 9.97 Å². The summed E-state index contributed by atoms with van der Waals surface area (Å²) in [6.45, 7) is 2.82. The Balaban J connectivity index is 0.000000169. The number of hydrogen-bond donors (Lipinski definition) is 2. The van der Waals surface area contributed by atoms with Gasteiger partial charge in [-0.1, -0.05) is 0 Å². The minimum atomic E-state index is -0.379. The highest BCUT2D eigenvalue weighted by Crippen LogP contribution is 2.22. The van der Waals surface area contributed by atoms with Crippen molar-refractivity contribution in [2.45, 2.75) is 20.3 Å². The van der Waals surface area contributed by atoms with Gasteiger partial charge in [0.05, 0.1) is 17.5 Å². The molecule has 0 spiro atoms. The number of aromatic nitrogens is 2. The lowest BCUT2D eigenvalue weighted by Crippen LogP contribution is -2.05. The van der Waals surface area contributed by atoms with Gasteiger partial charge in [0.1, 0.15) is 17.4 Å². The maximum atomic E-state index is 13.3. The number of fused-ring (bicyclic) bond motifs is 2. The fourth-order valence-corrected chi connectivity index (χ4v) is 3.09. The van der Waals surface area contributed by atoms with Gasteiger partial charge in [0, 0.05) is 34.3 Å². The van der Waals surface area contributed by atoms with E-state index in [0.29, 0.717) is 32.9 Å². The molecular weight excluding hydrogens is 378 g/mol. The molecule has 0 bridgehead atoms. The number of aromatic amines is 2. The van der Waals surface area contributed by atoms with Crippen molar-refractivity contribution in [2.75, 3.05) is 0 Å². The highest BCUT2D eigenvalue weighted by Gasteiger charge is 2.14. The molecule has 0 aliphatic heterocycles. The number of benzene rings is 2. The summed E-state index contributed by atoms with van der Waals surface area (Å²) in [5, 5.41) is 0.835. The zero-order chi connectivity index (χ0) is 21.1. The van der Waals surface area contributed by atoms with Crippen molar-refractivity contribution < 1.29 is 23.2 Å². The number of carbonyl (C=O) groups excluding carboxylic acids is 3. The molecule has 0 aliphatic carbocycles. The van der Waals surface area contributed by atoms with E-state index in [1.807, 2.05) is 0 Å². The Morgan fingerprint density at radius 1 is 0.759 bits per heavy atom. The number of H-pyrrole nitrogens is 2. The second-order valence-corrected chi connectivity index (χ2v) is 6.58. The second kappa shape index (κ2) is 8.18. The lowest BCUT2D eigenvalue weighted by Gasteiger charge is -2.01. The van der Waals surface area contributed by atoms with Crippen LogP contribution in [0.5, 0.6) is 0 Å². The van der Waals surface area contributed by atoms with Crippen LogP contribution in [0, 0.1) is 11.6 Å².